The molecule has 0 spiro atoms. The van der Waals surface area contributed by atoms with Crippen molar-refractivity contribution in [3.05, 3.63) is 41.6 Å². The van der Waals surface area contributed by atoms with E-state index >= 15 is 0 Å². The smallest absolute Gasteiger partial charge is 0.351 e. The van der Waals surface area contributed by atoms with E-state index < -0.39 is 17.4 Å². The highest BCUT2D eigenvalue weighted by Gasteiger charge is 2.35. The number of alkyl halides is 4. The van der Waals surface area contributed by atoms with Gasteiger partial charge in [-0.25, -0.2) is 14.4 Å². The zero-order valence-corrected chi connectivity index (χ0v) is 16.9. The molecule has 2 aromatic rings. The van der Waals surface area contributed by atoms with Crippen LogP contribution in [0.4, 0.5) is 17.6 Å². The zero-order chi connectivity index (χ0) is 22.1. The topological polar surface area (TPSA) is 71.0 Å². The summed E-state index contributed by atoms with van der Waals surface area (Å²) in [6.45, 7) is 3.10. The maximum atomic E-state index is 13.9. The molecule has 0 saturated carbocycles. The lowest BCUT2D eigenvalue weighted by Gasteiger charge is -2.20. The molecule has 6 nitrogen and oxygen atoms in total. The van der Waals surface area contributed by atoms with Crippen LogP contribution >= 0.6 is 0 Å². The molecule has 30 heavy (non-hydrogen) atoms. The lowest BCUT2D eigenvalue weighted by Crippen LogP contribution is -2.41. The van der Waals surface area contributed by atoms with E-state index in [1.165, 1.54) is 32.3 Å². The van der Waals surface area contributed by atoms with Crippen LogP contribution in [0.25, 0.3) is 11.3 Å². The second-order valence-electron chi connectivity index (χ2n) is 7.85. The molecule has 1 amide bonds. The Hall–Kier alpha value is -2.62. The Balaban J connectivity index is 1.86. The minimum Gasteiger partial charge on any atom is -0.351 e. The van der Waals surface area contributed by atoms with Crippen molar-refractivity contribution < 1.29 is 22.4 Å². The number of likely N-dealkylation sites (N-methyl/N-ethyl adjacent to an activating group) is 1. The molecule has 1 aliphatic heterocycles. The molecule has 0 radical (unpaired) electrons. The van der Waals surface area contributed by atoms with Crippen LogP contribution in [0.2, 0.25) is 0 Å². The summed E-state index contributed by atoms with van der Waals surface area (Å²) in [6.07, 6.45) is 0.280. The van der Waals surface area contributed by atoms with E-state index in [-0.39, 0.29) is 35.6 Å². The highest BCUT2D eigenvalue weighted by Crippen LogP contribution is 2.33. The lowest BCUT2D eigenvalue weighted by atomic mass is 10.1. The SMILES string of the molecule is CN1CCC[C@H]1C(=O)NCc1cc(-c2cnc(C(C)(C)F)nc2)ncc1C(F)(F)F. The Morgan fingerprint density at radius 1 is 1.17 bits per heavy atom. The van der Waals surface area contributed by atoms with E-state index in [0.717, 1.165) is 19.2 Å². The maximum Gasteiger partial charge on any atom is 0.418 e. The van der Waals surface area contributed by atoms with Crippen LogP contribution in [0.3, 0.4) is 0 Å². The summed E-state index contributed by atoms with van der Waals surface area (Å²) >= 11 is 0. The quantitative estimate of drug-likeness (QED) is 0.743. The van der Waals surface area contributed by atoms with Gasteiger partial charge in [0.2, 0.25) is 5.91 Å². The minimum absolute atomic E-state index is 0.0358. The number of hydrogen-bond acceptors (Lipinski definition) is 5. The van der Waals surface area contributed by atoms with Gasteiger partial charge in [0.15, 0.2) is 11.5 Å². The van der Waals surface area contributed by atoms with E-state index in [4.69, 9.17) is 0 Å². The summed E-state index contributed by atoms with van der Waals surface area (Å²) in [4.78, 5) is 26.0. The molecule has 3 heterocycles. The van der Waals surface area contributed by atoms with Crippen molar-refractivity contribution in [3.63, 3.8) is 0 Å². The Morgan fingerprint density at radius 3 is 2.37 bits per heavy atom. The second-order valence-corrected chi connectivity index (χ2v) is 7.85. The van der Waals surface area contributed by atoms with Gasteiger partial charge < -0.3 is 5.32 Å². The predicted octanol–water partition coefficient (Wildman–Crippen LogP) is 3.47. The number of amides is 1. The summed E-state index contributed by atoms with van der Waals surface area (Å²) in [5, 5.41) is 2.60. The van der Waals surface area contributed by atoms with Gasteiger partial charge in [0.25, 0.3) is 0 Å². The molecule has 10 heteroatoms. The number of pyridine rings is 1. The summed E-state index contributed by atoms with van der Waals surface area (Å²) in [7, 11) is 1.81. The van der Waals surface area contributed by atoms with Gasteiger partial charge in [0.1, 0.15) is 0 Å². The Kier molecular flexibility index (Phi) is 6.07. The van der Waals surface area contributed by atoms with Gasteiger partial charge in [-0.05, 0) is 51.9 Å². The van der Waals surface area contributed by atoms with Gasteiger partial charge in [0.05, 0.1) is 17.3 Å². The van der Waals surface area contributed by atoms with Crippen LogP contribution in [0, 0.1) is 0 Å². The first-order valence-electron chi connectivity index (χ1n) is 9.52. The van der Waals surface area contributed by atoms with Crippen LogP contribution in [-0.4, -0.2) is 45.4 Å². The van der Waals surface area contributed by atoms with Gasteiger partial charge in [-0.1, -0.05) is 0 Å². The number of nitrogens with zero attached hydrogens (tertiary/aromatic N) is 4. The summed E-state index contributed by atoms with van der Waals surface area (Å²) in [5.41, 5.74) is -2.23. The number of nitrogens with one attached hydrogen (secondary N) is 1. The molecule has 2 aromatic heterocycles. The van der Waals surface area contributed by atoms with Gasteiger partial charge in [0, 0.05) is 30.7 Å². The fourth-order valence-electron chi connectivity index (χ4n) is 3.37. The number of carbonyl (C=O) groups excluding carboxylic acids is 1. The average molecular weight is 425 g/mol. The zero-order valence-electron chi connectivity index (χ0n) is 16.9. The van der Waals surface area contributed by atoms with Crippen LogP contribution in [0.5, 0.6) is 0 Å². The third-order valence-corrected chi connectivity index (χ3v) is 5.05. The highest BCUT2D eigenvalue weighted by atomic mass is 19.4. The molecule has 1 N–H and O–H groups in total. The van der Waals surface area contributed by atoms with Crippen molar-refractivity contribution >= 4 is 5.91 Å². The normalized spacial score (nSPS) is 17.9. The molecule has 1 saturated heterocycles. The summed E-state index contributed by atoms with van der Waals surface area (Å²) < 4.78 is 54.2. The number of halogens is 4. The third-order valence-electron chi connectivity index (χ3n) is 5.05. The molecule has 0 unspecified atom stereocenters. The number of carbonyl (C=O) groups is 1. The number of rotatable bonds is 5. The van der Waals surface area contributed by atoms with Crippen LogP contribution in [0.1, 0.15) is 43.6 Å². The number of likely N-dealkylation sites (tertiary alicyclic amines) is 1. The van der Waals surface area contributed by atoms with Crippen molar-refractivity contribution in [3.8, 4) is 11.3 Å². The Bertz CT molecular complexity index is 909. The van der Waals surface area contributed by atoms with Crippen LogP contribution < -0.4 is 5.32 Å². The average Bonchev–Trinajstić information content (AvgIpc) is 3.10. The molecular weight excluding hydrogens is 402 g/mol. The number of hydrogen-bond donors (Lipinski definition) is 1. The van der Waals surface area contributed by atoms with Crippen molar-refractivity contribution in [2.75, 3.05) is 13.6 Å². The molecule has 0 aliphatic carbocycles. The van der Waals surface area contributed by atoms with E-state index in [9.17, 15) is 22.4 Å². The number of aromatic nitrogens is 3. The highest BCUT2D eigenvalue weighted by molar-refractivity contribution is 5.82. The van der Waals surface area contributed by atoms with E-state index in [1.54, 1.807) is 0 Å². The molecule has 1 atom stereocenters. The minimum atomic E-state index is -4.62. The Labute approximate surface area is 171 Å². The van der Waals surface area contributed by atoms with E-state index in [2.05, 4.69) is 20.3 Å². The predicted molar refractivity (Wildman–Crippen MR) is 102 cm³/mol. The summed E-state index contributed by atoms with van der Waals surface area (Å²) in [5.74, 6) is -0.342. The fraction of sp³-hybridized carbons (Fsp3) is 0.500. The van der Waals surface area contributed by atoms with Crippen LogP contribution in [0.15, 0.2) is 24.7 Å². The van der Waals surface area contributed by atoms with E-state index in [1.807, 2.05) is 11.9 Å². The second kappa shape index (κ2) is 8.25. The molecular formula is C20H23F4N5O. The molecule has 162 valence electrons. The maximum absolute atomic E-state index is 13.9. The van der Waals surface area contributed by atoms with Crippen LogP contribution in [-0.2, 0) is 23.2 Å². The van der Waals surface area contributed by atoms with Gasteiger partial charge in [-0.3, -0.25) is 14.7 Å². The van der Waals surface area contributed by atoms with Gasteiger partial charge in [-0.15, -0.1) is 0 Å². The molecule has 0 bridgehead atoms. The van der Waals surface area contributed by atoms with Gasteiger partial charge in [-0.2, -0.15) is 13.2 Å². The first-order valence-corrected chi connectivity index (χ1v) is 9.52. The largest absolute Gasteiger partial charge is 0.418 e. The lowest BCUT2D eigenvalue weighted by molar-refractivity contribution is -0.138. The van der Waals surface area contributed by atoms with Crippen molar-refractivity contribution in [2.24, 2.45) is 0 Å². The molecule has 0 aromatic carbocycles. The van der Waals surface area contributed by atoms with Crippen molar-refractivity contribution in [1.29, 1.82) is 0 Å². The van der Waals surface area contributed by atoms with Crippen molar-refractivity contribution in [1.82, 2.24) is 25.2 Å². The summed E-state index contributed by atoms with van der Waals surface area (Å²) in [6, 6.07) is 0.908. The van der Waals surface area contributed by atoms with Crippen molar-refractivity contribution in [2.45, 2.75) is 51.1 Å². The van der Waals surface area contributed by atoms with Gasteiger partial charge >= 0.3 is 6.18 Å². The fourth-order valence-corrected chi connectivity index (χ4v) is 3.37. The Morgan fingerprint density at radius 2 is 1.83 bits per heavy atom. The molecule has 1 aliphatic rings. The standard InChI is InChI=1S/C20H23F4N5O/c1-19(2,21)18-27-9-13(10-28-18)15-7-12(14(11-25-15)20(22,23)24)8-26-17(30)16-5-4-6-29(16)3/h7,9-11,16H,4-6,8H2,1-3H3,(H,26,30)/t16-/m0/s1. The monoisotopic (exact) mass is 425 g/mol. The molecule has 3 rings (SSSR count). The first-order chi connectivity index (χ1) is 14.0. The molecule has 1 fully saturated rings. The first kappa shape index (κ1) is 22.1. The van der Waals surface area contributed by atoms with E-state index in [0.29, 0.717) is 12.0 Å². The third kappa shape index (κ3) is 4.92.